The zero-order valence-electron chi connectivity index (χ0n) is 17.7. The molecule has 5 aromatic rings. The molecule has 0 aliphatic rings. The van der Waals surface area contributed by atoms with E-state index in [2.05, 4.69) is 20.7 Å². The molecular weight excluding hydrogens is 444 g/mol. The van der Waals surface area contributed by atoms with Crippen LogP contribution in [0.2, 0.25) is 0 Å². The Bertz CT molecular complexity index is 1550. The lowest BCUT2D eigenvalue weighted by atomic mass is 10.2. The Morgan fingerprint density at radius 3 is 2.79 bits per heavy atom. The summed E-state index contributed by atoms with van der Waals surface area (Å²) in [6.07, 6.45) is 0. The maximum absolute atomic E-state index is 13.4. The summed E-state index contributed by atoms with van der Waals surface area (Å²) in [5.41, 5.74) is 1.69. The molecule has 166 valence electrons. The molecular formula is C22H18N6O4S. The minimum atomic E-state index is -0.279. The van der Waals surface area contributed by atoms with Gasteiger partial charge < -0.3 is 9.26 Å². The monoisotopic (exact) mass is 462 g/mol. The quantitative estimate of drug-likeness (QED) is 0.383. The van der Waals surface area contributed by atoms with E-state index in [-0.39, 0.29) is 23.1 Å². The maximum atomic E-state index is 13.4. The molecule has 0 aliphatic heterocycles. The minimum Gasteiger partial charge on any atom is -0.497 e. The van der Waals surface area contributed by atoms with Crippen LogP contribution in [0.4, 0.5) is 5.88 Å². The van der Waals surface area contributed by atoms with Gasteiger partial charge in [0.05, 0.1) is 35.1 Å². The number of anilines is 1. The van der Waals surface area contributed by atoms with Crippen LogP contribution in [-0.4, -0.2) is 43.1 Å². The molecule has 0 aliphatic carbocycles. The number of amides is 1. The molecule has 1 N–H and O–H groups in total. The van der Waals surface area contributed by atoms with E-state index >= 15 is 0 Å². The third-order valence-corrected chi connectivity index (χ3v) is 5.86. The van der Waals surface area contributed by atoms with Crippen molar-refractivity contribution in [3.05, 3.63) is 70.6 Å². The summed E-state index contributed by atoms with van der Waals surface area (Å²) in [5.74, 6) is 1.01. The smallest absolute Gasteiger partial charge is 0.267 e. The lowest BCUT2D eigenvalue weighted by Crippen LogP contribution is -2.22. The number of carbonyl (C=O) groups excluding carboxylic acids is 1. The van der Waals surface area contributed by atoms with Gasteiger partial charge in [-0.3, -0.25) is 19.3 Å². The first kappa shape index (κ1) is 20.8. The van der Waals surface area contributed by atoms with E-state index in [1.54, 1.807) is 60.9 Å². The topological polar surface area (TPSA) is 117 Å². The van der Waals surface area contributed by atoms with E-state index < -0.39 is 0 Å². The molecule has 33 heavy (non-hydrogen) atoms. The van der Waals surface area contributed by atoms with Gasteiger partial charge in [0, 0.05) is 12.1 Å². The maximum Gasteiger partial charge on any atom is 0.267 e. The number of ether oxygens (including phenoxy) is 1. The first-order valence-electron chi connectivity index (χ1n) is 9.94. The molecule has 0 bridgehead atoms. The predicted molar refractivity (Wildman–Crippen MR) is 123 cm³/mol. The van der Waals surface area contributed by atoms with Crippen LogP contribution in [0.15, 0.2) is 69.1 Å². The number of rotatable bonds is 6. The molecule has 0 spiro atoms. The number of hydrogen-bond acceptors (Lipinski definition) is 8. The summed E-state index contributed by atoms with van der Waals surface area (Å²) in [5, 5.41) is 15.9. The van der Waals surface area contributed by atoms with Crippen molar-refractivity contribution in [3.8, 4) is 11.4 Å². The molecule has 11 heteroatoms. The normalized spacial score (nSPS) is 11.2. The van der Waals surface area contributed by atoms with Gasteiger partial charge in [0.2, 0.25) is 17.6 Å². The lowest BCUT2D eigenvalue weighted by molar-refractivity contribution is -0.113. The van der Waals surface area contributed by atoms with Gasteiger partial charge in [-0.15, -0.1) is 10.2 Å². The Balaban J connectivity index is 1.58. The Hall–Kier alpha value is -4.12. The van der Waals surface area contributed by atoms with E-state index in [9.17, 15) is 9.59 Å². The van der Waals surface area contributed by atoms with Crippen molar-refractivity contribution in [2.75, 3.05) is 18.2 Å². The molecule has 0 fully saturated rings. The van der Waals surface area contributed by atoms with Gasteiger partial charge in [-0.1, -0.05) is 35.1 Å². The van der Waals surface area contributed by atoms with E-state index in [0.29, 0.717) is 39.0 Å². The highest BCUT2D eigenvalue weighted by Crippen LogP contribution is 2.24. The number of aryl methyl sites for hydroxylation is 1. The van der Waals surface area contributed by atoms with Crippen molar-refractivity contribution in [3.63, 3.8) is 0 Å². The van der Waals surface area contributed by atoms with Gasteiger partial charge in [0.1, 0.15) is 5.75 Å². The zero-order valence-corrected chi connectivity index (χ0v) is 18.5. The number of thioether (sulfide) groups is 1. The number of nitrogens with zero attached hydrogens (tertiary/aromatic N) is 5. The second-order valence-corrected chi connectivity index (χ2v) is 8.09. The molecule has 2 aromatic carbocycles. The Morgan fingerprint density at radius 1 is 1.15 bits per heavy atom. The van der Waals surface area contributed by atoms with Crippen LogP contribution < -0.4 is 15.6 Å². The zero-order chi connectivity index (χ0) is 22.9. The first-order valence-corrected chi connectivity index (χ1v) is 10.9. The van der Waals surface area contributed by atoms with Crippen LogP contribution >= 0.6 is 11.8 Å². The summed E-state index contributed by atoms with van der Waals surface area (Å²) < 4.78 is 13.6. The van der Waals surface area contributed by atoms with Crippen molar-refractivity contribution in [1.82, 2.24) is 24.3 Å². The third kappa shape index (κ3) is 3.82. The minimum absolute atomic E-state index is 0.0627. The van der Waals surface area contributed by atoms with Crippen LogP contribution in [0.1, 0.15) is 5.69 Å². The van der Waals surface area contributed by atoms with Crippen LogP contribution in [0.5, 0.6) is 5.75 Å². The van der Waals surface area contributed by atoms with Crippen molar-refractivity contribution < 1.29 is 14.1 Å². The number of carbonyl (C=O) groups is 1. The SMILES string of the molecule is COc1cccc(-n2c(=O)c3ccccc3n3c(SCC(=O)Nc4cc(C)no4)nnc23)c1. The molecule has 0 atom stereocenters. The number of benzene rings is 2. The Labute approximate surface area is 191 Å². The highest BCUT2D eigenvalue weighted by molar-refractivity contribution is 7.99. The molecule has 3 aromatic heterocycles. The number of para-hydroxylation sites is 1. The standard InChI is InChI=1S/C22H18N6O4S/c1-13-10-19(32-26-13)23-18(29)12-33-22-25-24-21-27(14-6-5-7-15(11-14)31-2)20(30)16-8-3-4-9-17(16)28(21)22/h3-11H,12H2,1-2H3,(H,23,29). The fourth-order valence-corrected chi connectivity index (χ4v) is 4.22. The van der Waals surface area contributed by atoms with Crippen LogP contribution in [-0.2, 0) is 4.79 Å². The van der Waals surface area contributed by atoms with Gasteiger partial charge in [-0.05, 0) is 31.2 Å². The summed E-state index contributed by atoms with van der Waals surface area (Å²) in [4.78, 5) is 25.8. The first-order chi connectivity index (χ1) is 16.0. The van der Waals surface area contributed by atoms with E-state index in [4.69, 9.17) is 9.26 Å². The highest BCUT2D eigenvalue weighted by atomic mass is 32.2. The molecule has 3 heterocycles. The van der Waals surface area contributed by atoms with Crippen molar-refractivity contribution in [1.29, 1.82) is 0 Å². The molecule has 10 nitrogen and oxygen atoms in total. The average molecular weight is 462 g/mol. The molecule has 0 saturated carbocycles. The van der Waals surface area contributed by atoms with Crippen LogP contribution in [0, 0.1) is 6.92 Å². The van der Waals surface area contributed by atoms with Gasteiger partial charge in [-0.25, -0.2) is 4.57 Å². The van der Waals surface area contributed by atoms with E-state index in [1.165, 1.54) is 16.3 Å². The second kappa shape index (κ2) is 8.43. The lowest BCUT2D eigenvalue weighted by Gasteiger charge is -2.12. The largest absolute Gasteiger partial charge is 0.497 e. The molecule has 0 unspecified atom stereocenters. The predicted octanol–water partition coefficient (Wildman–Crippen LogP) is 3.07. The van der Waals surface area contributed by atoms with Gasteiger partial charge >= 0.3 is 0 Å². The number of aromatic nitrogens is 5. The Morgan fingerprint density at radius 2 is 2.00 bits per heavy atom. The average Bonchev–Trinajstić information content (AvgIpc) is 3.44. The van der Waals surface area contributed by atoms with Gasteiger partial charge in [0.15, 0.2) is 5.16 Å². The van der Waals surface area contributed by atoms with E-state index in [0.717, 1.165) is 0 Å². The highest BCUT2D eigenvalue weighted by Gasteiger charge is 2.19. The number of hydrogen-bond donors (Lipinski definition) is 1. The van der Waals surface area contributed by atoms with Gasteiger partial charge in [0.25, 0.3) is 5.56 Å². The fourth-order valence-electron chi connectivity index (χ4n) is 3.48. The Kier molecular flexibility index (Phi) is 5.31. The molecule has 5 rings (SSSR count). The van der Waals surface area contributed by atoms with Gasteiger partial charge in [-0.2, -0.15) is 0 Å². The number of fused-ring (bicyclic) bond motifs is 3. The van der Waals surface area contributed by atoms with Crippen molar-refractivity contribution in [2.45, 2.75) is 12.1 Å². The molecule has 0 radical (unpaired) electrons. The summed E-state index contributed by atoms with van der Waals surface area (Å²) in [6, 6.07) is 16.0. The molecule has 0 saturated heterocycles. The third-order valence-electron chi connectivity index (χ3n) is 4.93. The van der Waals surface area contributed by atoms with Crippen LogP contribution in [0.3, 0.4) is 0 Å². The summed E-state index contributed by atoms with van der Waals surface area (Å²) in [6.45, 7) is 1.77. The summed E-state index contributed by atoms with van der Waals surface area (Å²) >= 11 is 1.20. The van der Waals surface area contributed by atoms with Crippen molar-refractivity contribution >= 4 is 40.2 Å². The second-order valence-electron chi connectivity index (χ2n) is 7.15. The molecule has 1 amide bonds. The summed E-state index contributed by atoms with van der Waals surface area (Å²) in [7, 11) is 1.56. The number of methoxy groups -OCH3 is 1. The fraction of sp³-hybridized carbons (Fsp3) is 0.136. The van der Waals surface area contributed by atoms with Crippen molar-refractivity contribution in [2.24, 2.45) is 0 Å². The number of nitrogens with one attached hydrogen (secondary N) is 1. The van der Waals surface area contributed by atoms with Crippen LogP contribution in [0.25, 0.3) is 22.4 Å². The van der Waals surface area contributed by atoms with E-state index in [1.807, 2.05) is 12.1 Å².